The van der Waals surface area contributed by atoms with E-state index in [0.717, 1.165) is 35.4 Å². The number of anilines is 1. The number of rotatable bonds is 5. The third kappa shape index (κ3) is 4.54. The van der Waals surface area contributed by atoms with Crippen LogP contribution in [0.15, 0.2) is 54.6 Å². The third-order valence-corrected chi connectivity index (χ3v) is 4.67. The normalized spacial score (nSPS) is 13.7. The summed E-state index contributed by atoms with van der Waals surface area (Å²) < 4.78 is 0. The van der Waals surface area contributed by atoms with Crippen LogP contribution >= 0.6 is 0 Å². The summed E-state index contributed by atoms with van der Waals surface area (Å²) in [5.74, 6) is -0.433. The maximum Gasteiger partial charge on any atom is 0.274 e. The number of nitrogens with one attached hydrogen (secondary N) is 2. The van der Waals surface area contributed by atoms with Gasteiger partial charge in [0.05, 0.1) is 0 Å². The van der Waals surface area contributed by atoms with Crippen molar-refractivity contribution in [2.24, 2.45) is 0 Å². The molecule has 3 N–H and O–H groups in total. The number of amides is 2. The maximum atomic E-state index is 11.7. The standard InChI is InChI=1S/C21H23N3O3/c1-15(25)24-12-4-5-18(14-24)19-6-2-3-7-20(19)22-13-16-8-10-17(11-9-16)21(26)23-27/h2-3,5-11,22,27H,4,12-14H2,1H3,(H,23,26). The first-order chi connectivity index (χ1) is 13.1. The molecule has 0 radical (unpaired) electrons. The largest absolute Gasteiger partial charge is 0.380 e. The fourth-order valence-electron chi connectivity index (χ4n) is 3.16. The van der Waals surface area contributed by atoms with E-state index in [2.05, 4.69) is 17.5 Å². The van der Waals surface area contributed by atoms with Crippen molar-refractivity contribution in [3.8, 4) is 0 Å². The molecule has 6 nitrogen and oxygen atoms in total. The van der Waals surface area contributed by atoms with Crippen molar-refractivity contribution in [1.29, 1.82) is 0 Å². The van der Waals surface area contributed by atoms with Gasteiger partial charge in [-0.3, -0.25) is 14.8 Å². The van der Waals surface area contributed by atoms with Crippen LogP contribution in [-0.2, 0) is 11.3 Å². The molecule has 27 heavy (non-hydrogen) atoms. The highest BCUT2D eigenvalue weighted by Crippen LogP contribution is 2.28. The molecule has 2 amide bonds. The van der Waals surface area contributed by atoms with E-state index in [1.807, 2.05) is 35.2 Å². The van der Waals surface area contributed by atoms with Gasteiger partial charge in [-0.1, -0.05) is 36.4 Å². The third-order valence-electron chi connectivity index (χ3n) is 4.67. The Morgan fingerprint density at radius 2 is 1.85 bits per heavy atom. The maximum absolute atomic E-state index is 11.7. The van der Waals surface area contributed by atoms with Gasteiger partial charge in [-0.05, 0) is 35.8 Å². The number of carbonyl (C=O) groups excluding carboxylic acids is 2. The van der Waals surface area contributed by atoms with Crippen LogP contribution in [-0.4, -0.2) is 35.0 Å². The number of hydrogen-bond acceptors (Lipinski definition) is 4. The number of carbonyl (C=O) groups is 2. The molecule has 0 saturated heterocycles. The second-order valence-corrected chi connectivity index (χ2v) is 6.50. The lowest BCUT2D eigenvalue weighted by Crippen LogP contribution is -2.33. The summed E-state index contributed by atoms with van der Waals surface area (Å²) in [5, 5.41) is 12.1. The fraction of sp³-hybridized carbons (Fsp3) is 0.238. The van der Waals surface area contributed by atoms with Gasteiger partial charge in [0.15, 0.2) is 0 Å². The first kappa shape index (κ1) is 18.7. The minimum absolute atomic E-state index is 0.0954. The van der Waals surface area contributed by atoms with E-state index in [1.54, 1.807) is 24.5 Å². The highest BCUT2D eigenvalue weighted by atomic mass is 16.5. The predicted octanol–water partition coefficient (Wildman–Crippen LogP) is 3.05. The van der Waals surface area contributed by atoms with Crippen LogP contribution in [0.25, 0.3) is 5.57 Å². The summed E-state index contributed by atoms with van der Waals surface area (Å²) in [5.41, 5.74) is 6.29. The Labute approximate surface area is 158 Å². The van der Waals surface area contributed by atoms with Gasteiger partial charge in [0, 0.05) is 43.4 Å². The molecular weight excluding hydrogens is 342 g/mol. The predicted molar refractivity (Wildman–Crippen MR) is 104 cm³/mol. The molecule has 6 heteroatoms. The first-order valence-corrected chi connectivity index (χ1v) is 8.89. The molecule has 1 aliphatic heterocycles. The van der Waals surface area contributed by atoms with Gasteiger partial charge < -0.3 is 10.2 Å². The second-order valence-electron chi connectivity index (χ2n) is 6.50. The molecule has 0 aliphatic carbocycles. The lowest BCUT2D eigenvalue weighted by atomic mass is 9.99. The molecule has 0 saturated carbocycles. The van der Waals surface area contributed by atoms with Crippen molar-refractivity contribution in [2.45, 2.75) is 19.9 Å². The monoisotopic (exact) mass is 365 g/mol. The molecule has 140 valence electrons. The van der Waals surface area contributed by atoms with E-state index in [-0.39, 0.29) is 5.91 Å². The molecule has 1 aliphatic rings. The number of hydroxylamine groups is 1. The average Bonchev–Trinajstić information content (AvgIpc) is 2.72. The Kier molecular flexibility index (Phi) is 5.88. The Morgan fingerprint density at radius 3 is 2.56 bits per heavy atom. The van der Waals surface area contributed by atoms with Crippen molar-refractivity contribution < 1.29 is 14.8 Å². The molecule has 0 atom stereocenters. The van der Waals surface area contributed by atoms with Gasteiger partial charge in [0.1, 0.15) is 0 Å². The Morgan fingerprint density at radius 1 is 1.11 bits per heavy atom. The van der Waals surface area contributed by atoms with Gasteiger partial charge in [-0.2, -0.15) is 0 Å². The van der Waals surface area contributed by atoms with Crippen LogP contribution in [0.4, 0.5) is 5.69 Å². The van der Waals surface area contributed by atoms with Gasteiger partial charge >= 0.3 is 0 Å². The van der Waals surface area contributed by atoms with Crippen molar-refractivity contribution in [2.75, 3.05) is 18.4 Å². The summed E-state index contributed by atoms with van der Waals surface area (Å²) in [7, 11) is 0. The molecule has 3 rings (SSSR count). The van der Waals surface area contributed by atoms with Crippen LogP contribution < -0.4 is 10.8 Å². The molecule has 1 heterocycles. The zero-order chi connectivity index (χ0) is 19.2. The zero-order valence-electron chi connectivity index (χ0n) is 15.2. The van der Waals surface area contributed by atoms with Crippen molar-refractivity contribution in [3.05, 3.63) is 71.3 Å². The Bertz CT molecular complexity index is 859. The van der Waals surface area contributed by atoms with Gasteiger partial charge in [-0.15, -0.1) is 0 Å². The number of para-hydroxylation sites is 1. The van der Waals surface area contributed by atoms with Crippen LogP contribution in [0, 0.1) is 0 Å². The minimum atomic E-state index is -0.529. The highest BCUT2D eigenvalue weighted by molar-refractivity contribution is 5.93. The van der Waals surface area contributed by atoms with Crippen molar-refractivity contribution in [3.63, 3.8) is 0 Å². The smallest absolute Gasteiger partial charge is 0.274 e. The Balaban J connectivity index is 1.72. The molecule has 0 fully saturated rings. The fourth-order valence-corrected chi connectivity index (χ4v) is 3.16. The molecule has 0 bridgehead atoms. The lowest BCUT2D eigenvalue weighted by Gasteiger charge is -2.27. The molecule has 2 aromatic carbocycles. The van der Waals surface area contributed by atoms with E-state index < -0.39 is 5.91 Å². The number of benzene rings is 2. The SMILES string of the molecule is CC(=O)N1CCC=C(c2ccccc2NCc2ccc(C(=O)NO)cc2)C1. The summed E-state index contributed by atoms with van der Waals surface area (Å²) in [6.45, 7) is 3.59. The van der Waals surface area contributed by atoms with E-state index in [0.29, 0.717) is 18.7 Å². The lowest BCUT2D eigenvalue weighted by molar-refractivity contribution is -0.128. The summed E-state index contributed by atoms with van der Waals surface area (Å²) in [4.78, 5) is 25.0. The van der Waals surface area contributed by atoms with Crippen LogP contribution in [0.2, 0.25) is 0 Å². The molecule has 0 unspecified atom stereocenters. The highest BCUT2D eigenvalue weighted by Gasteiger charge is 2.17. The van der Waals surface area contributed by atoms with E-state index in [4.69, 9.17) is 5.21 Å². The Hall–Kier alpha value is -3.12. The second kappa shape index (κ2) is 8.51. The summed E-state index contributed by atoms with van der Waals surface area (Å²) >= 11 is 0. The van der Waals surface area contributed by atoms with Gasteiger partial charge in [0.2, 0.25) is 5.91 Å². The summed E-state index contributed by atoms with van der Waals surface area (Å²) in [6, 6.07) is 15.1. The van der Waals surface area contributed by atoms with E-state index >= 15 is 0 Å². The average molecular weight is 365 g/mol. The quantitative estimate of drug-likeness (QED) is 0.562. The summed E-state index contributed by atoms with van der Waals surface area (Å²) in [6.07, 6.45) is 3.06. The molecular formula is C21H23N3O3. The molecule has 2 aromatic rings. The zero-order valence-corrected chi connectivity index (χ0v) is 15.2. The van der Waals surface area contributed by atoms with E-state index in [1.165, 1.54) is 0 Å². The number of nitrogens with zero attached hydrogens (tertiary/aromatic N) is 1. The molecule has 0 spiro atoms. The number of hydrogen-bond donors (Lipinski definition) is 3. The van der Waals surface area contributed by atoms with Gasteiger partial charge in [-0.25, -0.2) is 5.48 Å². The first-order valence-electron chi connectivity index (χ1n) is 8.89. The minimum Gasteiger partial charge on any atom is -0.380 e. The topological polar surface area (TPSA) is 81.7 Å². The van der Waals surface area contributed by atoms with E-state index in [9.17, 15) is 9.59 Å². The molecule has 0 aromatic heterocycles. The van der Waals surface area contributed by atoms with Crippen LogP contribution in [0.3, 0.4) is 0 Å². The van der Waals surface area contributed by atoms with Crippen molar-refractivity contribution in [1.82, 2.24) is 10.4 Å². The van der Waals surface area contributed by atoms with Gasteiger partial charge in [0.25, 0.3) is 5.91 Å². The van der Waals surface area contributed by atoms with Crippen LogP contribution in [0.5, 0.6) is 0 Å². The van der Waals surface area contributed by atoms with Crippen molar-refractivity contribution >= 4 is 23.1 Å². The van der Waals surface area contributed by atoms with Crippen LogP contribution in [0.1, 0.15) is 34.8 Å².